The van der Waals surface area contributed by atoms with Crippen molar-refractivity contribution in [2.75, 3.05) is 27.2 Å². The van der Waals surface area contributed by atoms with Crippen molar-refractivity contribution in [2.45, 2.75) is 0 Å². The molecular formula is C17H19NO3. The fourth-order valence-corrected chi connectivity index (χ4v) is 2.04. The van der Waals surface area contributed by atoms with Gasteiger partial charge in [-0.1, -0.05) is 36.4 Å². The van der Waals surface area contributed by atoms with Gasteiger partial charge >= 0.3 is 5.97 Å². The van der Waals surface area contributed by atoms with E-state index in [4.69, 9.17) is 9.84 Å². The number of fused-ring (bicyclic) bond motifs is 1. The molecule has 110 valence electrons. The van der Waals surface area contributed by atoms with Crippen LogP contribution in [0.1, 0.15) is 5.56 Å². The number of aliphatic carboxylic acids is 1. The van der Waals surface area contributed by atoms with E-state index in [1.165, 1.54) is 0 Å². The zero-order valence-corrected chi connectivity index (χ0v) is 12.2. The molecule has 0 saturated heterocycles. The van der Waals surface area contributed by atoms with Gasteiger partial charge in [-0.25, -0.2) is 4.79 Å². The van der Waals surface area contributed by atoms with Crippen molar-refractivity contribution in [3.8, 4) is 5.75 Å². The molecule has 0 unspecified atom stereocenters. The highest BCUT2D eigenvalue weighted by molar-refractivity contribution is 5.93. The van der Waals surface area contributed by atoms with Crippen LogP contribution in [0.2, 0.25) is 0 Å². The van der Waals surface area contributed by atoms with Crippen LogP contribution in [0, 0.1) is 0 Å². The van der Waals surface area contributed by atoms with E-state index < -0.39 is 5.97 Å². The van der Waals surface area contributed by atoms with Crippen molar-refractivity contribution in [1.29, 1.82) is 0 Å². The first-order chi connectivity index (χ1) is 10.1. The Morgan fingerprint density at radius 1 is 1.24 bits per heavy atom. The summed E-state index contributed by atoms with van der Waals surface area (Å²) in [7, 11) is 3.97. The number of carboxylic acid groups (broad SMARTS) is 1. The zero-order valence-electron chi connectivity index (χ0n) is 12.2. The lowest BCUT2D eigenvalue weighted by atomic mass is 10.0. The van der Waals surface area contributed by atoms with Crippen LogP contribution in [0.5, 0.6) is 5.75 Å². The molecule has 0 amide bonds. The maximum absolute atomic E-state index is 10.7. The number of hydrogen-bond donors (Lipinski definition) is 1. The van der Waals surface area contributed by atoms with E-state index in [0.717, 1.165) is 34.7 Å². The highest BCUT2D eigenvalue weighted by Crippen LogP contribution is 2.30. The number of hydrogen-bond acceptors (Lipinski definition) is 3. The summed E-state index contributed by atoms with van der Waals surface area (Å²) >= 11 is 0. The Kier molecular flexibility index (Phi) is 4.95. The predicted molar refractivity (Wildman–Crippen MR) is 84.7 cm³/mol. The maximum atomic E-state index is 10.7. The zero-order chi connectivity index (χ0) is 15.2. The normalized spacial score (nSPS) is 11.4. The van der Waals surface area contributed by atoms with Crippen LogP contribution in [0.4, 0.5) is 0 Å². The lowest BCUT2D eigenvalue weighted by Gasteiger charge is -2.15. The Bertz CT molecular complexity index is 662. The van der Waals surface area contributed by atoms with Gasteiger partial charge in [-0.2, -0.15) is 0 Å². The fraction of sp³-hybridized carbons (Fsp3) is 0.235. The molecule has 0 heterocycles. The summed E-state index contributed by atoms with van der Waals surface area (Å²) in [5.41, 5.74) is 0.773. The van der Waals surface area contributed by atoms with Crippen LogP contribution >= 0.6 is 0 Å². The lowest BCUT2D eigenvalue weighted by Crippen LogP contribution is -2.19. The third-order valence-electron chi connectivity index (χ3n) is 3.10. The maximum Gasteiger partial charge on any atom is 0.328 e. The average Bonchev–Trinajstić information content (AvgIpc) is 2.45. The molecule has 0 aliphatic rings. The van der Waals surface area contributed by atoms with Crippen molar-refractivity contribution in [3.63, 3.8) is 0 Å². The van der Waals surface area contributed by atoms with Crippen LogP contribution in [-0.2, 0) is 4.79 Å². The van der Waals surface area contributed by atoms with E-state index in [2.05, 4.69) is 0 Å². The highest BCUT2D eigenvalue weighted by atomic mass is 16.5. The van der Waals surface area contributed by atoms with Crippen molar-refractivity contribution >= 4 is 22.8 Å². The molecule has 21 heavy (non-hydrogen) atoms. The summed E-state index contributed by atoms with van der Waals surface area (Å²) in [6.45, 7) is 1.35. The first-order valence-electron chi connectivity index (χ1n) is 6.78. The minimum atomic E-state index is -0.970. The summed E-state index contributed by atoms with van der Waals surface area (Å²) in [5, 5.41) is 10.9. The van der Waals surface area contributed by atoms with Crippen LogP contribution in [0.3, 0.4) is 0 Å². The molecule has 4 nitrogen and oxygen atoms in total. The quantitative estimate of drug-likeness (QED) is 0.829. The first-order valence-corrected chi connectivity index (χ1v) is 6.78. The number of carboxylic acids is 1. The molecule has 0 aliphatic heterocycles. The molecule has 0 radical (unpaired) electrons. The van der Waals surface area contributed by atoms with E-state index in [1.54, 1.807) is 6.08 Å². The first kappa shape index (κ1) is 15.1. The SMILES string of the molecule is CN(C)CCOc1c(/C=C/C(=O)O)ccc2ccccc12. The molecule has 4 heteroatoms. The number of ether oxygens (including phenoxy) is 1. The van der Waals surface area contributed by atoms with Crippen LogP contribution < -0.4 is 4.74 Å². The van der Waals surface area contributed by atoms with Gasteiger partial charge in [0.2, 0.25) is 0 Å². The molecule has 1 N–H and O–H groups in total. The van der Waals surface area contributed by atoms with Gasteiger partial charge in [-0.3, -0.25) is 0 Å². The topological polar surface area (TPSA) is 49.8 Å². The molecule has 0 spiro atoms. The molecule has 0 saturated carbocycles. The molecule has 0 fully saturated rings. The van der Waals surface area contributed by atoms with Crippen LogP contribution in [-0.4, -0.2) is 43.2 Å². The van der Waals surface area contributed by atoms with Gasteiger partial charge in [-0.05, 0) is 25.6 Å². The van der Waals surface area contributed by atoms with E-state index in [0.29, 0.717) is 6.61 Å². The second kappa shape index (κ2) is 6.90. The largest absolute Gasteiger partial charge is 0.491 e. The molecule has 2 aromatic carbocycles. The molecule has 0 atom stereocenters. The number of likely N-dealkylation sites (N-methyl/N-ethyl adjacent to an activating group) is 1. The Morgan fingerprint density at radius 3 is 2.71 bits per heavy atom. The Labute approximate surface area is 124 Å². The van der Waals surface area contributed by atoms with Crippen LogP contribution in [0.25, 0.3) is 16.8 Å². The van der Waals surface area contributed by atoms with Crippen molar-refractivity contribution in [3.05, 3.63) is 48.0 Å². The van der Waals surface area contributed by atoms with E-state index in [1.807, 2.05) is 55.4 Å². The minimum Gasteiger partial charge on any atom is -0.491 e. The molecule has 2 aromatic rings. The van der Waals surface area contributed by atoms with E-state index >= 15 is 0 Å². The number of carbonyl (C=O) groups is 1. The van der Waals surface area contributed by atoms with E-state index in [-0.39, 0.29) is 0 Å². The summed E-state index contributed by atoms with van der Waals surface area (Å²) in [4.78, 5) is 12.8. The van der Waals surface area contributed by atoms with Gasteiger partial charge in [0.1, 0.15) is 12.4 Å². The van der Waals surface area contributed by atoms with E-state index in [9.17, 15) is 4.79 Å². The summed E-state index contributed by atoms with van der Waals surface area (Å²) in [6, 6.07) is 11.8. The lowest BCUT2D eigenvalue weighted by molar-refractivity contribution is -0.131. The third kappa shape index (κ3) is 4.07. The molecular weight excluding hydrogens is 266 g/mol. The predicted octanol–water partition coefficient (Wildman–Crippen LogP) is 2.88. The van der Waals surface area contributed by atoms with Gasteiger partial charge in [0.15, 0.2) is 0 Å². The summed E-state index contributed by atoms with van der Waals surface area (Å²) < 4.78 is 5.91. The Morgan fingerprint density at radius 2 is 2.00 bits per heavy atom. The van der Waals surface area contributed by atoms with Gasteiger partial charge < -0.3 is 14.7 Å². The number of benzene rings is 2. The standard InChI is InChI=1S/C17H19NO3/c1-18(2)11-12-21-17-14(9-10-16(19)20)8-7-13-5-3-4-6-15(13)17/h3-10H,11-12H2,1-2H3,(H,19,20)/b10-9+. The van der Waals surface area contributed by atoms with Crippen molar-refractivity contribution in [2.24, 2.45) is 0 Å². The minimum absolute atomic E-state index is 0.551. The molecule has 0 aliphatic carbocycles. The smallest absolute Gasteiger partial charge is 0.328 e. The fourth-order valence-electron chi connectivity index (χ4n) is 2.04. The monoisotopic (exact) mass is 285 g/mol. The molecule has 2 rings (SSSR count). The molecule has 0 aromatic heterocycles. The van der Waals surface area contributed by atoms with Gasteiger partial charge in [-0.15, -0.1) is 0 Å². The number of nitrogens with zero attached hydrogens (tertiary/aromatic N) is 1. The summed E-state index contributed by atoms with van der Waals surface area (Å²) in [6.07, 6.45) is 2.70. The van der Waals surface area contributed by atoms with Crippen molar-refractivity contribution in [1.82, 2.24) is 4.90 Å². The average molecular weight is 285 g/mol. The second-order valence-electron chi connectivity index (χ2n) is 5.03. The Hall–Kier alpha value is -2.33. The van der Waals surface area contributed by atoms with Crippen molar-refractivity contribution < 1.29 is 14.6 Å². The van der Waals surface area contributed by atoms with Gasteiger partial charge in [0, 0.05) is 23.6 Å². The number of rotatable bonds is 6. The summed E-state index contributed by atoms with van der Waals surface area (Å²) in [5.74, 6) is -0.241. The van der Waals surface area contributed by atoms with Gasteiger partial charge in [0.25, 0.3) is 0 Å². The molecule has 0 bridgehead atoms. The van der Waals surface area contributed by atoms with Crippen LogP contribution in [0.15, 0.2) is 42.5 Å². The second-order valence-corrected chi connectivity index (χ2v) is 5.03. The Balaban J connectivity index is 2.39. The third-order valence-corrected chi connectivity index (χ3v) is 3.10. The van der Waals surface area contributed by atoms with Gasteiger partial charge in [0.05, 0.1) is 0 Å². The highest BCUT2D eigenvalue weighted by Gasteiger charge is 2.07.